The molecule has 2 aliphatic heterocycles. The fourth-order valence-corrected chi connectivity index (χ4v) is 6.54. The van der Waals surface area contributed by atoms with Crippen LogP contribution in [0, 0.1) is 5.92 Å². The van der Waals surface area contributed by atoms with E-state index in [-0.39, 0.29) is 5.75 Å². The first-order valence-corrected chi connectivity index (χ1v) is 17.6. The molecular formula is C37H51ClN2O3S. The third kappa shape index (κ3) is 13.5. The maximum Gasteiger partial charge on any atom is 0.209 e. The van der Waals surface area contributed by atoms with Crippen LogP contribution in [0.1, 0.15) is 78.1 Å². The Hall–Kier alpha value is -2.67. The Balaban J connectivity index is 0.000000197. The number of nitrogens with zero attached hydrogens (tertiary/aromatic N) is 2. The number of halogens is 1. The molecule has 3 aromatic carbocycles. The molecule has 0 atom stereocenters. The van der Waals surface area contributed by atoms with Gasteiger partial charge in [0.2, 0.25) is 6.41 Å². The van der Waals surface area contributed by atoms with Crippen molar-refractivity contribution in [3.63, 3.8) is 0 Å². The van der Waals surface area contributed by atoms with Gasteiger partial charge < -0.3 is 14.7 Å². The van der Waals surface area contributed by atoms with Gasteiger partial charge in [0.25, 0.3) is 0 Å². The highest BCUT2D eigenvalue weighted by Crippen LogP contribution is 2.29. The monoisotopic (exact) mass is 638 g/mol. The second kappa shape index (κ2) is 21.1. The van der Waals surface area contributed by atoms with Gasteiger partial charge in [0.05, 0.1) is 6.61 Å². The second-order valence-electron chi connectivity index (χ2n) is 11.3. The van der Waals surface area contributed by atoms with E-state index < -0.39 is 0 Å². The molecule has 1 aliphatic carbocycles. The minimum atomic E-state index is 0.280. The van der Waals surface area contributed by atoms with Crippen LogP contribution in [0.2, 0.25) is 5.02 Å². The maximum absolute atomic E-state index is 9.93. The summed E-state index contributed by atoms with van der Waals surface area (Å²) in [6.45, 7) is 9.31. The molecule has 0 bridgehead atoms. The summed E-state index contributed by atoms with van der Waals surface area (Å²) in [5.41, 5.74) is 2.16. The van der Waals surface area contributed by atoms with E-state index in [2.05, 4.69) is 28.6 Å². The Morgan fingerprint density at radius 3 is 1.82 bits per heavy atom. The van der Waals surface area contributed by atoms with E-state index in [1.807, 2.05) is 62.2 Å². The number of phenolic OH excluding ortho intramolecular Hbond substituents is 1. The third-order valence-electron chi connectivity index (χ3n) is 7.92. The van der Waals surface area contributed by atoms with Crippen LogP contribution in [-0.4, -0.2) is 53.5 Å². The van der Waals surface area contributed by atoms with Crippen molar-refractivity contribution >= 4 is 30.0 Å². The predicted molar refractivity (Wildman–Crippen MR) is 187 cm³/mol. The smallest absolute Gasteiger partial charge is 0.209 e. The summed E-state index contributed by atoms with van der Waals surface area (Å²) in [5.74, 6) is 2.09. The van der Waals surface area contributed by atoms with E-state index in [4.69, 9.17) is 21.4 Å². The fraction of sp³-hybridized carbons (Fsp3) is 0.486. The van der Waals surface area contributed by atoms with Crippen LogP contribution in [0.4, 0.5) is 0 Å². The van der Waals surface area contributed by atoms with Crippen molar-refractivity contribution in [2.24, 2.45) is 5.92 Å². The molecule has 6 rings (SSSR count). The summed E-state index contributed by atoms with van der Waals surface area (Å²) in [6, 6.07) is 23.4. The summed E-state index contributed by atoms with van der Waals surface area (Å²) in [5, 5.41) is 9.86. The van der Waals surface area contributed by atoms with Crippen LogP contribution < -0.4 is 4.74 Å². The van der Waals surface area contributed by atoms with Crippen molar-refractivity contribution < 1.29 is 14.6 Å². The molecule has 2 saturated heterocycles. The zero-order chi connectivity index (χ0) is 31.4. The van der Waals surface area contributed by atoms with E-state index in [1.54, 1.807) is 17.0 Å². The summed E-state index contributed by atoms with van der Waals surface area (Å²) >= 11 is 7.68. The Morgan fingerprint density at radius 2 is 1.27 bits per heavy atom. The van der Waals surface area contributed by atoms with Crippen molar-refractivity contribution in [2.45, 2.75) is 83.0 Å². The molecule has 240 valence electrons. The highest BCUT2D eigenvalue weighted by atomic mass is 35.5. The maximum atomic E-state index is 9.93. The fourth-order valence-electron chi connectivity index (χ4n) is 5.41. The van der Waals surface area contributed by atoms with Gasteiger partial charge >= 0.3 is 0 Å². The lowest BCUT2D eigenvalue weighted by molar-refractivity contribution is -0.117. The molecule has 0 unspecified atom stereocenters. The number of carbonyl (C=O) groups is 1. The van der Waals surface area contributed by atoms with Crippen molar-refractivity contribution in [1.29, 1.82) is 0 Å². The van der Waals surface area contributed by atoms with E-state index in [1.165, 1.54) is 82.2 Å². The largest absolute Gasteiger partial charge is 0.508 e. The number of piperidine rings is 1. The lowest BCUT2D eigenvalue weighted by atomic mass is 9.90. The van der Waals surface area contributed by atoms with Gasteiger partial charge in [0, 0.05) is 36.1 Å². The van der Waals surface area contributed by atoms with E-state index in [0.717, 1.165) is 53.9 Å². The molecule has 0 aromatic heterocycles. The molecule has 3 aliphatic rings. The molecule has 1 amide bonds. The minimum Gasteiger partial charge on any atom is -0.508 e. The minimum absolute atomic E-state index is 0.280. The number of aromatic hydroxyl groups is 1. The van der Waals surface area contributed by atoms with Crippen molar-refractivity contribution in [3.8, 4) is 22.6 Å². The first kappa shape index (κ1) is 35.8. The number of ether oxygens (including phenoxy) is 1. The normalized spacial score (nSPS) is 16.8. The number of hydrogen-bond acceptors (Lipinski definition) is 5. The summed E-state index contributed by atoms with van der Waals surface area (Å²) in [4.78, 5) is 13.1. The average molecular weight is 639 g/mol. The summed E-state index contributed by atoms with van der Waals surface area (Å²) < 4.78 is 8.46. The lowest BCUT2D eigenvalue weighted by Crippen LogP contribution is -2.22. The van der Waals surface area contributed by atoms with E-state index in [9.17, 15) is 4.79 Å². The Labute approximate surface area is 275 Å². The number of phenols is 1. The first-order chi connectivity index (χ1) is 21.6. The van der Waals surface area contributed by atoms with Gasteiger partial charge in [-0.3, -0.25) is 4.79 Å². The highest BCUT2D eigenvalue weighted by molar-refractivity contribution is 7.97. The predicted octanol–water partition coefficient (Wildman–Crippen LogP) is 10.1. The molecule has 7 heteroatoms. The molecule has 3 aromatic rings. The zero-order valence-corrected chi connectivity index (χ0v) is 28.2. The van der Waals surface area contributed by atoms with Gasteiger partial charge in [-0.25, -0.2) is 4.31 Å². The van der Waals surface area contributed by atoms with Crippen molar-refractivity contribution in [1.82, 2.24) is 9.21 Å². The molecule has 5 nitrogen and oxygen atoms in total. The molecule has 1 saturated carbocycles. The number of amides is 1. The number of hydrogen-bond donors (Lipinski definition) is 1. The number of likely N-dealkylation sites (tertiary alicyclic amines) is 1. The number of benzene rings is 3. The third-order valence-corrected chi connectivity index (χ3v) is 9.28. The Kier molecular flexibility index (Phi) is 17.2. The zero-order valence-electron chi connectivity index (χ0n) is 26.6. The van der Waals surface area contributed by atoms with Gasteiger partial charge in [-0.15, -0.1) is 0 Å². The van der Waals surface area contributed by atoms with Crippen molar-refractivity contribution in [2.75, 3.05) is 32.8 Å². The number of carbonyl (C=O) groups excluding carboxylic acids is 1. The molecule has 44 heavy (non-hydrogen) atoms. The van der Waals surface area contributed by atoms with E-state index >= 15 is 0 Å². The molecule has 1 N–H and O–H groups in total. The van der Waals surface area contributed by atoms with Gasteiger partial charge in [-0.2, -0.15) is 0 Å². The summed E-state index contributed by atoms with van der Waals surface area (Å²) in [6.07, 6.45) is 14.3. The van der Waals surface area contributed by atoms with E-state index in [0.29, 0.717) is 0 Å². The van der Waals surface area contributed by atoms with Crippen LogP contribution in [0.5, 0.6) is 11.5 Å². The van der Waals surface area contributed by atoms with Crippen LogP contribution >= 0.6 is 23.5 Å². The quantitative estimate of drug-likeness (QED) is 0.206. The standard InChI is InChI=1S/C18H27NOS.C12H9ClO.C5H9NO.C2H6/c1-3-7-16(8-4-1)15-20-17-9-11-18(12-10-17)21-19-13-5-2-6-14-19;13-11-5-1-9(2-6-11)10-3-7-12(14)8-4-10;7-5-6-3-1-2-4-6;1-2/h9-12,16H,1-8,13-15H2;1-8,14H;5H,1-4H2;1-2H3. The number of rotatable bonds is 7. The van der Waals surface area contributed by atoms with Crippen LogP contribution in [0.3, 0.4) is 0 Å². The average Bonchev–Trinajstić information content (AvgIpc) is 3.62. The highest BCUT2D eigenvalue weighted by Gasteiger charge is 2.14. The molecule has 2 heterocycles. The van der Waals surface area contributed by atoms with Gasteiger partial charge in [0.1, 0.15) is 11.5 Å². The topological polar surface area (TPSA) is 53.0 Å². The summed E-state index contributed by atoms with van der Waals surface area (Å²) in [7, 11) is 0. The second-order valence-corrected chi connectivity index (χ2v) is 12.9. The van der Waals surface area contributed by atoms with Gasteiger partial charge in [-0.1, -0.05) is 75.4 Å². The molecule has 3 fully saturated rings. The lowest BCUT2D eigenvalue weighted by Gasteiger charge is -2.25. The Bertz CT molecular complexity index is 1110. The SMILES string of the molecule is CC.O=CN1CCCC1.Oc1ccc(-c2ccc(Cl)cc2)cc1.c1cc(SN2CCCCC2)ccc1OCC1CCCCC1. The Morgan fingerprint density at radius 1 is 0.750 bits per heavy atom. The van der Waals surface area contributed by atoms with Crippen LogP contribution in [0.15, 0.2) is 77.7 Å². The van der Waals surface area contributed by atoms with Crippen molar-refractivity contribution in [3.05, 3.63) is 77.8 Å². The van der Waals surface area contributed by atoms with Gasteiger partial charge in [0.15, 0.2) is 0 Å². The molecule has 0 spiro atoms. The molecular weight excluding hydrogens is 588 g/mol. The van der Waals surface area contributed by atoms with Crippen LogP contribution in [-0.2, 0) is 4.79 Å². The van der Waals surface area contributed by atoms with Gasteiger partial charge in [-0.05, 0) is 116 Å². The molecule has 0 radical (unpaired) electrons. The van der Waals surface area contributed by atoms with Crippen LogP contribution in [0.25, 0.3) is 11.1 Å². The first-order valence-electron chi connectivity index (χ1n) is 16.5.